The molecule has 1 fully saturated rings. The Morgan fingerprint density at radius 2 is 1.95 bits per heavy atom. The first-order valence-electron chi connectivity index (χ1n) is 7.47. The lowest BCUT2D eigenvalue weighted by atomic mass is 9.71. The summed E-state index contributed by atoms with van der Waals surface area (Å²) in [7, 11) is 2.07. The largest absolute Gasteiger partial charge is 0.393 e. The Kier molecular flexibility index (Phi) is 4.82. The highest BCUT2D eigenvalue weighted by atomic mass is 19.1. The van der Waals surface area contributed by atoms with Gasteiger partial charge in [0, 0.05) is 13.1 Å². The van der Waals surface area contributed by atoms with Crippen molar-refractivity contribution in [1.82, 2.24) is 4.90 Å². The molecule has 0 amide bonds. The summed E-state index contributed by atoms with van der Waals surface area (Å²) < 4.78 is 12.9. The Hall–Kier alpha value is -0.930. The van der Waals surface area contributed by atoms with Crippen LogP contribution in [0.5, 0.6) is 0 Å². The number of halogens is 1. The van der Waals surface area contributed by atoms with E-state index in [2.05, 4.69) is 25.8 Å². The fraction of sp³-hybridized carbons (Fsp3) is 0.647. The van der Waals surface area contributed by atoms with Gasteiger partial charge >= 0.3 is 0 Å². The fourth-order valence-electron chi connectivity index (χ4n) is 3.27. The van der Waals surface area contributed by atoms with Gasteiger partial charge in [-0.3, -0.25) is 0 Å². The topological polar surface area (TPSA) is 23.5 Å². The van der Waals surface area contributed by atoms with Gasteiger partial charge in [0.1, 0.15) is 5.82 Å². The molecule has 2 unspecified atom stereocenters. The minimum atomic E-state index is -0.194. The predicted molar refractivity (Wildman–Crippen MR) is 79.9 cm³/mol. The van der Waals surface area contributed by atoms with Crippen LogP contribution in [0.15, 0.2) is 24.3 Å². The van der Waals surface area contributed by atoms with Gasteiger partial charge in [-0.05, 0) is 55.3 Å². The van der Waals surface area contributed by atoms with Crippen LogP contribution < -0.4 is 0 Å². The molecule has 1 saturated carbocycles. The van der Waals surface area contributed by atoms with E-state index in [4.69, 9.17) is 0 Å². The van der Waals surface area contributed by atoms with E-state index in [1.54, 1.807) is 0 Å². The van der Waals surface area contributed by atoms with Crippen molar-refractivity contribution in [3.8, 4) is 0 Å². The summed E-state index contributed by atoms with van der Waals surface area (Å²) in [6.45, 7) is 6.25. The third-order valence-electron chi connectivity index (χ3n) is 4.39. The molecule has 20 heavy (non-hydrogen) atoms. The maximum Gasteiger partial charge on any atom is 0.123 e. The maximum absolute atomic E-state index is 12.9. The van der Waals surface area contributed by atoms with E-state index in [-0.39, 0.29) is 11.9 Å². The Labute approximate surface area is 121 Å². The smallest absolute Gasteiger partial charge is 0.123 e. The molecule has 1 aromatic rings. The Balaban J connectivity index is 1.90. The highest BCUT2D eigenvalue weighted by Gasteiger charge is 2.34. The minimum absolute atomic E-state index is 0.182. The summed E-state index contributed by atoms with van der Waals surface area (Å²) in [4.78, 5) is 2.22. The number of nitrogens with zero attached hydrogens (tertiary/aromatic N) is 1. The van der Waals surface area contributed by atoms with Crippen LogP contribution >= 0.6 is 0 Å². The van der Waals surface area contributed by atoms with Crippen LogP contribution in [0.4, 0.5) is 4.39 Å². The fourth-order valence-corrected chi connectivity index (χ4v) is 3.27. The van der Waals surface area contributed by atoms with Gasteiger partial charge in [-0.1, -0.05) is 26.0 Å². The molecule has 0 bridgehead atoms. The standard InChI is InChI=1S/C17H26FNO/c1-17(2)9-8-16(20)14(10-17)12-19(3)11-13-4-6-15(18)7-5-13/h4-7,14,16,20H,8-12H2,1-3H3. The highest BCUT2D eigenvalue weighted by Crippen LogP contribution is 2.39. The second kappa shape index (κ2) is 6.23. The van der Waals surface area contributed by atoms with Crippen LogP contribution in [0, 0.1) is 17.2 Å². The number of benzene rings is 1. The molecule has 112 valence electrons. The molecule has 1 aromatic carbocycles. The van der Waals surface area contributed by atoms with Gasteiger partial charge in [0.05, 0.1) is 6.10 Å². The normalized spacial score (nSPS) is 25.9. The number of rotatable bonds is 4. The van der Waals surface area contributed by atoms with Gasteiger partial charge in [0.2, 0.25) is 0 Å². The third kappa shape index (κ3) is 4.29. The SMILES string of the molecule is CN(Cc1ccc(F)cc1)CC1CC(C)(C)CCC1O. The van der Waals surface area contributed by atoms with Gasteiger partial charge in [0.15, 0.2) is 0 Å². The van der Waals surface area contributed by atoms with Crippen LogP contribution in [0.3, 0.4) is 0 Å². The van der Waals surface area contributed by atoms with Crippen molar-refractivity contribution in [2.24, 2.45) is 11.3 Å². The Morgan fingerprint density at radius 3 is 2.60 bits per heavy atom. The quantitative estimate of drug-likeness (QED) is 0.912. The number of hydrogen-bond donors (Lipinski definition) is 1. The zero-order valence-corrected chi connectivity index (χ0v) is 12.8. The first-order valence-corrected chi connectivity index (χ1v) is 7.47. The summed E-state index contributed by atoms with van der Waals surface area (Å²) in [6, 6.07) is 6.66. The predicted octanol–water partition coefficient (Wildman–Crippen LogP) is 3.44. The molecule has 2 rings (SSSR count). The van der Waals surface area contributed by atoms with Crippen molar-refractivity contribution < 1.29 is 9.50 Å². The first-order chi connectivity index (χ1) is 9.35. The Morgan fingerprint density at radius 1 is 1.30 bits per heavy atom. The summed E-state index contributed by atoms with van der Waals surface area (Å²) in [6.07, 6.45) is 2.90. The summed E-state index contributed by atoms with van der Waals surface area (Å²) >= 11 is 0. The number of hydrogen-bond acceptors (Lipinski definition) is 2. The average Bonchev–Trinajstić information content (AvgIpc) is 2.36. The molecule has 1 aliphatic carbocycles. The van der Waals surface area contributed by atoms with E-state index in [9.17, 15) is 9.50 Å². The Bertz CT molecular complexity index is 429. The molecule has 0 spiro atoms. The molecule has 0 aromatic heterocycles. The van der Waals surface area contributed by atoms with Crippen molar-refractivity contribution in [3.05, 3.63) is 35.6 Å². The number of aliphatic hydroxyl groups is 1. The van der Waals surface area contributed by atoms with Crippen molar-refractivity contribution >= 4 is 0 Å². The van der Waals surface area contributed by atoms with E-state index in [0.717, 1.165) is 37.9 Å². The molecule has 1 N–H and O–H groups in total. The van der Waals surface area contributed by atoms with Gasteiger partial charge in [-0.2, -0.15) is 0 Å². The lowest BCUT2D eigenvalue weighted by Crippen LogP contribution is -2.39. The van der Waals surface area contributed by atoms with Gasteiger partial charge in [0.25, 0.3) is 0 Å². The van der Waals surface area contributed by atoms with E-state index in [0.29, 0.717) is 11.3 Å². The molecule has 0 heterocycles. The van der Waals surface area contributed by atoms with Crippen molar-refractivity contribution in [1.29, 1.82) is 0 Å². The average molecular weight is 279 g/mol. The van der Waals surface area contributed by atoms with Crippen molar-refractivity contribution in [3.63, 3.8) is 0 Å². The highest BCUT2D eigenvalue weighted by molar-refractivity contribution is 5.15. The molecule has 2 nitrogen and oxygen atoms in total. The van der Waals surface area contributed by atoms with E-state index in [1.165, 1.54) is 12.1 Å². The zero-order chi connectivity index (χ0) is 14.8. The molecule has 1 aliphatic rings. The molecule has 0 aliphatic heterocycles. The monoisotopic (exact) mass is 279 g/mol. The number of aliphatic hydroxyl groups excluding tert-OH is 1. The summed E-state index contributed by atoms with van der Waals surface area (Å²) in [5.74, 6) is 0.144. The molecule has 0 saturated heterocycles. The summed E-state index contributed by atoms with van der Waals surface area (Å²) in [5.41, 5.74) is 1.44. The van der Waals surface area contributed by atoms with Crippen LogP contribution in [0.25, 0.3) is 0 Å². The first kappa shape index (κ1) is 15.5. The van der Waals surface area contributed by atoms with Gasteiger partial charge in [-0.25, -0.2) is 4.39 Å². The lowest BCUT2D eigenvalue weighted by molar-refractivity contribution is 0.00673. The van der Waals surface area contributed by atoms with Crippen LogP contribution in [0.1, 0.15) is 38.7 Å². The van der Waals surface area contributed by atoms with Gasteiger partial charge < -0.3 is 10.0 Å². The second-order valence-corrected chi connectivity index (χ2v) is 7.06. The van der Waals surface area contributed by atoms with E-state index >= 15 is 0 Å². The van der Waals surface area contributed by atoms with Crippen molar-refractivity contribution in [2.45, 2.75) is 45.8 Å². The molecule has 2 atom stereocenters. The molecule has 3 heteroatoms. The van der Waals surface area contributed by atoms with E-state index in [1.807, 2.05) is 12.1 Å². The van der Waals surface area contributed by atoms with Crippen LogP contribution in [-0.4, -0.2) is 29.7 Å². The van der Waals surface area contributed by atoms with Crippen LogP contribution in [-0.2, 0) is 6.54 Å². The lowest BCUT2D eigenvalue weighted by Gasteiger charge is -2.40. The molecule has 0 radical (unpaired) electrons. The summed E-state index contributed by atoms with van der Waals surface area (Å²) in [5, 5.41) is 10.2. The van der Waals surface area contributed by atoms with Gasteiger partial charge in [-0.15, -0.1) is 0 Å². The molecular formula is C17H26FNO. The molecular weight excluding hydrogens is 253 g/mol. The minimum Gasteiger partial charge on any atom is -0.393 e. The second-order valence-electron chi connectivity index (χ2n) is 7.06. The zero-order valence-electron chi connectivity index (χ0n) is 12.8. The van der Waals surface area contributed by atoms with E-state index < -0.39 is 0 Å². The van der Waals surface area contributed by atoms with Crippen molar-refractivity contribution in [2.75, 3.05) is 13.6 Å². The maximum atomic E-state index is 12.9. The third-order valence-corrected chi connectivity index (χ3v) is 4.39. The van der Waals surface area contributed by atoms with Crippen LogP contribution in [0.2, 0.25) is 0 Å².